The van der Waals surface area contributed by atoms with Gasteiger partial charge in [0.05, 0.1) is 7.11 Å². The number of hydrogen-bond donors (Lipinski definition) is 3. The van der Waals surface area contributed by atoms with Crippen LogP contribution < -0.4 is 25.4 Å². The summed E-state index contributed by atoms with van der Waals surface area (Å²) < 4.78 is 43.7. The number of urea groups is 1. The molecular weight excluding hydrogens is 593 g/mol. The molecular formula is C31H43F3N6O3S. The Morgan fingerprint density at radius 3 is 2.34 bits per heavy atom. The molecule has 242 valence electrons. The van der Waals surface area contributed by atoms with Crippen LogP contribution in [-0.4, -0.2) is 68.4 Å². The maximum absolute atomic E-state index is 12.2. The van der Waals surface area contributed by atoms with Crippen LogP contribution in [0.25, 0.3) is 0 Å². The first kappa shape index (κ1) is 36.3. The molecule has 0 unspecified atom stereocenters. The van der Waals surface area contributed by atoms with Crippen molar-refractivity contribution in [3.63, 3.8) is 0 Å². The molecule has 1 heterocycles. The van der Waals surface area contributed by atoms with Gasteiger partial charge in [-0.25, -0.2) is 9.79 Å². The molecule has 9 nitrogen and oxygen atoms in total. The van der Waals surface area contributed by atoms with Gasteiger partial charge in [-0.05, 0) is 93.6 Å². The van der Waals surface area contributed by atoms with E-state index in [9.17, 15) is 18.0 Å². The molecule has 13 heteroatoms. The Bertz CT molecular complexity index is 1250. The van der Waals surface area contributed by atoms with Crippen molar-refractivity contribution in [1.82, 2.24) is 15.5 Å². The van der Waals surface area contributed by atoms with E-state index in [4.69, 9.17) is 17.0 Å². The van der Waals surface area contributed by atoms with Crippen LogP contribution >= 0.6 is 12.2 Å². The van der Waals surface area contributed by atoms with Crippen LogP contribution in [0.2, 0.25) is 0 Å². The minimum absolute atomic E-state index is 0.187. The molecule has 1 fully saturated rings. The molecule has 2 aromatic carbocycles. The number of carbonyl (C=O) groups is 1. The molecule has 3 rings (SSSR count). The summed E-state index contributed by atoms with van der Waals surface area (Å²) in [5, 5.41) is 8.89. The predicted molar refractivity (Wildman–Crippen MR) is 174 cm³/mol. The highest BCUT2D eigenvalue weighted by Gasteiger charge is 2.30. The Kier molecular flexibility index (Phi) is 15.5. The maximum atomic E-state index is 12.2. The van der Waals surface area contributed by atoms with Crippen LogP contribution in [-0.2, 0) is 0 Å². The van der Waals surface area contributed by atoms with Crippen molar-refractivity contribution in [2.75, 3.05) is 39.1 Å². The molecule has 44 heavy (non-hydrogen) atoms. The summed E-state index contributed by atoms with van der Waals surface area (Å²) in [5.41, 5.74) is 2.70. The Morgan fingerprint density at radius 2 is 1.77 bits per heavy atom. The van der Waals surface area contributed by atoms with Gasteiger partial charge in [-0.1, -0.05) is 31.0 Å². The summed E-state index contributed by atoms with van der Waals surface area (Å²) in [5.74, 6) is 1.99. The third kappa shape index (κ3) is 14.1. The molecule has 2 amide bonds. The summed E-state index contributed by atoms with van der Waals surface area (Å²) >= 11 is 5.25. The number of unbranched alkanes of at least 4 members (excludes halogenated alkanes) is 1. The molecule has 0 aromatic heterocycles. The normalized spacial score (nSPS) is 14.0. The van der Waals surface area contributed by atoms with Gasteiger partial charge < -0.3 is 25.0 Å². The second kappa shape index (κ2) is 18.7. The highest BCUT2D eigenvalue weighted by molar-refractivity contribution is 7.80. The van der Waals surface area contributed by atoms with Gasteiger partial charge in [0.1, 0.15) is 11.5 Å². The quantitative estimate of drug-likeness (QED) is 0.167. The van der Waals surface area contributed by atoms with E-state index in [0.29, 0.717) is 12.5 Å². The highest BCUT2D eigenvalue weighted by atomic mass is 32.1. The number of nitrogens with zero attached hydrogens (tertiary/aromatic N) is 3. The van der Waals surface area contributed by atoms with E-state index in [1.807, 2.05) is 31.3 Å². The number of hydrogen-bond acceptors (Lipinski definition) is 5. The van der Waals surface area contributed by atoms with E-state index < -0.39 is 6.36 Å². The van der Waals surface area contributed by atoms with Crippen LogP contribution in [0.3, 0.4) is 0 Å². The number of halogens is 3. The van der Waals surface area contributed by atoms with E-state index >= 15 is 0 Å². The molecule has 3 N–H and O–H groups in total. The lowest BCUT2D eigenvalue weighted by atomic mass is 9.94. The molecule has 0 atom stereocenters. The summed E-state index contributed by atoms with van der Waals surface area (Å²) in [6, 6.07) is 11.0. The number of likely N-dealkylation sites (tertiary alicyclic amines) is 1. The first-order valence-electron chi connectivity index (χ1n) is 14.5. The number of ether oxygens (including phenoxy) is 2. The minimum atomic E-state index is -4.60. The molecule has 0 aliphatic carbocycles. The van der Waals surface area contributed by atoms with Gasteiger partial charge in [0.15, 0.2) is 5.11 Å². The van der Waals surface area contributed by atoms with E-state index in [1.165, 1.54) is 12.1 Å². The molecule has 0 spiro atoms. The molecule has 0 radical (unpaired) electrons. The van der Waals surface area contributed by atoms with Gasteiger partial charge in [-0.15, -0.1) is 13.2 Å². The molecule has 1 saturated heterocycles. The van der Waals surface area contributed by atoms with Gasteiger partial charge in [-0.2, -0.15) is 0 Å². The number of piperidine rings is 1. The lowest BCUT2D eigenvalue weighted by Gasteiger charge is -2.32. The molecule has 2 aromatic rings. The number of amides is 2. The number of anilines is 1. The van der Waals surface area contributed by atoms with Gasteiger partial charge in [0, 0.05) is 38.6 Å². The fraction of sp³-hybridized carbons (Fsp3) is 0.484. The van der Waals surface area contributed by atoms with Crippen LogP contribution in [0.4, 0.5) is 23.7 Å². The number of benzene rings is 2. The topological polar surface area (TPSA) is 99.6 Å². The maximum Gasteiger partial charge on any atom is 0.573 e. The van der Waals surface area contributed by atoms with Crippen LogP contribution in [0.1, 0.15) is 50.2 Å². The predicted octanol–water partition coefficient (Wildman–Crippen LogP) is 6.85. The number of nitrogens with one attached hydrogen (secondary N) is 3. The van der Waals surface area contributed by atoms with Crippen molar-refractivity contribution in [2.45, 2.75) is 59.2 Å². The Morgan fingerprint density at radius 1 is 1.11 bits per heavy atom. The van der Waals surface area contributed by atoms with Crippen molar-refractivity contribution in [3.05, 3.63) is 53.6 Å². The number of methoxy groups -OCH3 is 1. The number of alkyl halides is 3. The lowest BCUT2D eigenvalue weighted by molar-refractivity contribution is -0.274. The Balaban J connectivity index is 0.000000469. The first-order chi connectivity index (χ1) is 20.9. The average molecular weight is 637 g/mol. The van der Waals surface area contributed by atoms with Gasteiger partial charge >= 0.3 is 12.4 Å². The third-order valence-electron chi connectivity index (χ3n) is 6.72. The summed E-state index contributed by atoms with van der Waals surface area (Å²) in [7, 11) is 3.42. The van der Waals surface area contributed by atoms with Gasteiger partial charge in [0.25, 0.3) is 0 Å². The summed E-state index contributed by atoms with van der Waals surface area (Å²) in [6.07, 6.45) is 2.50. The van der Waals surface area contributed by atoms with Gasteiger partial charge in [0.2, 0.25) is 5.96 Å². The largest absolute Gasteiger partial charge is 0.573 e. The lowest BCUT2D eigenvalue weighted by Crippen LogP contribution is -2.43. The SMILES string of the molecule is CCC/C=N\C(=NC)N1CCC(CCNC(=O)NC(=S)Nc2ccc(OC)cc2C)CC1.Cc1ccc(OC(F)(F)F)cc1. The molecule has 0 saturated carbocycles. The average Bonchev–Trinajstić information content (AvgIpc) is 2.98. The van der Waals surface area contributed by atoms with E-state index in [2.05, 4.69) is 42.5 Å². The van der Waals surface area contributed by atoms with Crippen molar-refractivity contribution < 1.29 is 27.4 Å². The fourth-order valence-corrected chi connectivity index (χ4v) is 4.51. The molecule has 1 aliphatic heterocycles. The van der Waals surface area contributed by atoms with E-state index in [0.717, 1.165) is 73.7 Å². The molecule has 0 bridgehead atoms. The fourth-order valence-electron chi connectivity index (χ4n) is 4.31. The van der Waals surface area contributed by atoms with Crippen LogP contribution in [0.15, 0.2) is 52.4 Å². The van der Waals surface area contributed by atoms with Crippen molar-refractivity contribution in [1.29, 1.82) is 0 Å². The Labute approximate surface area is 263 Å². The number of aryl methyl sites for hydroxylation is 2. The van der Waals surface area contributed by atoms with Crippen LogP contribution in [0.5, 0.6) is 11.5 Å². The number of guanidine groups is 1. The van der Waals surface area contributed by atoms with E-state index in [-0.39, 0.29) is 16.9 Å². The zero-order valence-corrected chi connectivity index (χ0v) is 26.8. The van der Waals surface area contributed by atoms with Crippen LogP contribution in [0, 0.1) is 19.8 Å². The second-order valence-corrected chi connectivity index (χ2v) is 10.6. The van der Waals surface area contributed by atoms with Crippen molar-refractivity contribution >= 4 is 41.2 Å². The van der Waals surface area contributed by atoms with Gasteiger partial charge in [-0.3, -0.25) is 10.3 Å². The summed E-state index contributed by atoms with van der Waals surface area (Å²) in [6.45, 7) is 8.39. The Hall–Kier alpha value is -3.87. The smallest absolute Gasteiger partial charge is 0.497 e. The number of aliphatic imine (C=N–C) groups is 2. The highest BCUT2D eigenvalue weighted by Crippen LogP contribution is 2.23. The summed E-state index contributed by atoms with van der Waals surface area (Å²) in [4.78, 5) is 23.2. The first-order valence-corrected chi connectivity index (χ1v) is 14.9. The second-order valence-electron chi connectivity index (χ2n) is 10.2. The number of thiocarbonyl (C=S) groups is 1. The van der Waals surface area contributed by atoms with Crippen molar-refractivity contribution in [3.8, 4) is 11.5 Å². The molecule has 1 aliphatic rings. The zero-order valence-electron chi connectivity index (χ0n) is 26.0. The minimum Gasteiger partial charge on any atom is -0.497 e. The van der Waals surface area contributed by atoms with Crippen molar-refractivity contribution in [2.24, 2.45) is 15.9 Å². The zero-order chi connectivity index (χ0) is 32.5. The number of carbonyl (C=O) groups excluding carboxylic acids is 1. The third-order valence-corrected chi connectivity index (χ3v) is 6.93. The number of rotatable bonds is 8. The van der Waals surface area contributed by atoms with E-state index in [1.54, 1.807) is 33.2 Å². The standard InChI is InChI=1S/C23H36N6O2S.C8H7F3O/c1-5-6-12-25-21(24-3)29-14-10-18(11-15-29)9-13-26-22(30)28-23(32)27-20-8-7-19(31-4)16-17(20)2;1-6-2-4-7(5-3-6)12-8(9,10)11/h7-8,12,16,18H,5-6,9-11,13-15H2,1-4H3,(H3,26,27,28,30,32);2-5H,1H3/b24-21?,25-12-;. The monoisotopic (exact) mass is 636 g/mol.